The number of hydrogen-bond donors (Lipinski definition) is 1. The summed E-state index contributed by atoms with van der Waals surface area (Å²) in [5.74, 6) is 1.46. The van der Waals surface area contributed by atoms with E-state index in [9.17, 15) is 0 Å². The molecule has 0 aliphatic rings. The molecular weight excluding hydrogens is 238 g/mol. The van der Waals surface area contributed by atoms with Crippen molar-refractivity contribution < 1.29 is 9.47 Å². The smallest absolute Gasteiger partial charge is 0.161 e. The average molecular weight is 257 g/mol. The number of methoxy groups -OCH3 is 1. The molecular formula is C16H19NO2. The summed E-state index contributed by atoms with van der Waals surface area (Å²) in [7, 11) is 1.63. The SMILES string of the molecule is COc1cc(CN)ccc1OCc1cccc(C)c1. The molecule has 0 atom stereocenters. The summed E-state index contributed by atoms with van der Waals surface area (Å²) in [5, 5.41) is 0. The number of benzene rings is 2. The third-order valence-corrected chi connectivity index (χ3v) is 2.94. The first-order valence-electron chi connectivity index (χ1n) is 6.28. The predicted molar refractivity (Wildman–Crippen MR) is 76.4 cm³/mol. The van der Waals surface area contributed by atoms with E-state index in [1.807, 2.05) is 30.3 Å². The Kier molecular flexibility index (Phi) is 4.42. The molecule has 2 N–H and O–H groups in total. The van der Waals surface area contributed by atoms with Crippen LogP contribution in [0.15, 0.2) is 42.5 Å². The van der Waals surface area contributed by atoms with Crippen LogP contribution in [-0.4, -0.2) is 7.11 Å². The molecule has 0 aliphatic heterocycles. The third-order valence-electron chi connectivity index (χ3n) is 2.94. The van der Waals surface area contributed by atoms with Crippen molar-refractivity contribution in [2.45, 2.75) is 20.1 Å². The van der Waals surface area contributed by atoms with Crippen LogP contribution >= 0.6 is 0 Å². The molecule has 0 heterocycles. The second-order valence-corrected chi connectivity index (χ2v) is 4.47. The van der Waals surface area contributed by atoms with Gasteiger partial charge in [0, 0.05) is 6.54 Å². The van der Waals surface area contributed by atoms with Crippen molar-refractivity contribution in [3.8, 4) is 11.5 Å². The largest absolute Gasteiger partial charge is 0.493 e. The second kappa shape index (κ2) is 6.25. The molecule has 2 aromatic rings. The number of aryl methyl sites for hydroxylation is 1. The van der Waals surface area contributed by atoms with Gasteiger partial charge in [-0.25, -0.2) is 0 Å². The monoisotopic (exact) mass is 257 g/mol. The third kappa shape index (κ3) is 3.48. The first-order valence-corrected chi connectivity index (χ1v) is 6.28. The highest BCUT2D eigenvalue weighted by Gasteiger charge is 2.05. The molecule has 0 saturated carbocycles. The van der Waals surface area contributed by atoms with Gasteiger partial charge < -0.3 is 15.2 Å². The highest BCUT2D eigenvalue weighted by atomic mass is 16.5. The number of hydrogen-bond acceptors (Lipinski definition) is 3. The number of ether oxygens (including phenoxy) is 2. The van der Waals surface area contributed by atoms with E-state index in [0.29, 0.717) is 13.2 Å². The van der Waals surface area contributed by atoms with Crippen LogP contribution in [0.5, 0.6) is 11.5 Å². The molecule has 2 aromatic carbocycles. The number of rotatable bonds is 5. The summed E-state index contributed by atoms with van der Waals surface area (Å²) in [6.45, 7) is 3.09. The Hall–Kier alpha value is -2.00. The fourth-order valence-electron chi connectivity index (χ4n) is 1.92. The maximum absolute atomic E-state index is 5.80. The Morgan fingerprint density at radius 3 is 2.53 bits per heavy atom. The minimum absolute atomic E-state index is 0.495. The molecule has 0 bridgehead atoms. The van der Waals surface area contributed by atoms with Crippen molar-refractivity contribution >= 4 is 0 Å². The molecule has 0 aromatic heterocycles. The summed E-state index contributed by atoms with van der Waals surface area (Å²) in [6, 6.07) is 14.0. The average Bonchev–Trinajstić information content (AvgIpc) is 2.45. The zero-order chi connectivity index (χ0) is 13.7. The molecule has 3 nitrogen and oxygen atoms in total. The van der Waals surface area contributed by atoms with Gasteiger partial charge in [-0.05, 0) is 30.2 Å². The quantitative estimate of drug-likeness (QED) is 0.895. The van der Waals surface area contributed by atoms with Crippen LogP contribution in [0.25, 0.3) is 0 Å². The molecule has 0 radical (unpaired) electrons. The Labute approximate surface area is 114 Å². The Morgan fingerprint density at radius 1 is 1.00 bits per heavy atom. The predicted octanol–water partition coefficient (Wildman–Crippen LogP) is 3.04. The molecule has 0 aliphatic carbocycles. The van der Waals surface area contributed by atoms with Gasteiger partial charge in [0.05, 0.1) is 7.11 Å². The number of nitrogens with two attached hydrogens (primary N) is 1. The molecule has 0 saturated heterocycles. The summed E-state index contributed by atoms with van der Waals surface area (Å²) >= 11 is 0. The van der Waals surface area contributed by atoms with Crippen molar-refractivity contribution in [3.05, 3.63) is 59.2 Å². The summed E-state index contributed by atoms with van der Waals surface area (Å²) in [5.41, 5.74) is 9.01. The van der Waals surface area contributed by atoms with E-state index in [-0.39, 0.29) is 0 Å². The maximum atomic E-state index is 5.80. The molecule has 0 fully saturated rings. The highest BCUT2D eigenvalue weighted by Crippen LogP contribution is 2.28. The van der Waals surface area contributed by atoms with Crippen LogP contribution in [0, 0.1) is 6.92 Å². The van der Waals surface area contributed by atoms with Gasteiger partial charge >= 0.3 is 0 Å². The lowest BCUT2D eigenvalue weighted by atomic mass is 10.1. The van der Waals surface area contributed by atoms with Gasteiger partial charge in [-0.15, -0.1) is 0 Å². The molecule has 0 spiro atoms. The lowest BCUT2D eigenvalue weighted by Crippen LogP contribution is -2.00. The van der Waals surface area contributed by atoms with Gasteiger partial charge in [0.25, 0.3) is 0 Å². The zero-order valence-corrected chi connectivity index (χ0v) is 11.3. The zero-order valence-electron chi connectivity index (χ0n) is 11.3. The van der Waals surface area contributed by atoms with Crippen LogP contribution in [0.4, 0.5) is 0 Å². The van der Waals surface area contributed by atoms with Crippen LogP contribution in [0.2, 0.25) is 0 Å². The molecule has 100 valence electrons. The fourth-order valence-corrected chi connectivity index (χ4v) is 1.92. The topological polar surface area (TPSA) is 44.5 Å². The van der Waals surface area contributed by atoms with E-state index in [4.69, 9.17) is 15.2 Å². The van der Waals surface area contributed by atoms with Crippen LogP contribution < -0.4 is 15.2 Å². The van der Waals surface area contributed by atoms with Gasteiger partial charge in [-0.2, -0.15) is 0 Å². The fraction of sp³-hybridized carbons (Fsp3) is 0.250. The summed E-state index contributed by atoms with van der Waals surface area (Å²) in [6.07, 6.45) is 0. The van der Waals surface area contributed by atoms with Crippen molar-refractivity contribution in [2.75, 3.05) is 7.11 Å². The molecule has 19 heavy (non-hydrogen) atoms. The normalized spacial score (nSPS) is 10.3. The molecule has 0 unspecified atom stereocenters. The van der Waals surface area contributed by atoms with Crippen LogP contribution in [-0.2, 0) is 13.2 Å². The maximum Gasteiger partial charge on any atom is 0.161 e. The Bertz CT molecular complexity index is 552. The minimum Gasteiger partial charge on any atom is -0.493 e. The van der Waals surface area contributed by atoms with E-state index in [0.717, 1.165) is 22.6 Å². The minimum atomic E-state index is 0.495. The van der Waals surface area contributed by atoms with Crippen molar-refractivity contribution in [1.29, 1.82) is 0 Å². The summed E-state index contributed by atoms with van der Waals surface area (Å²) in [4.78, 5) is 0. The Balaban J connectivity index is 2.11. The van der Waals surface area contributed by atoms with Gasteiger partial charge in [0.15, 0.2) is 11.5 Å². The first-order chi connectivity index (χ1) is 9.22. The van der Waals surface area contributed by atoms with E-state index < -0.39 is 0 Å². The van der Waals surface area contributed by atoms with E-state index in [2.05, 4.69) is 19.1 Å². The van der Waals surface area contributed by atoms with Crippen molar-refractivity contribution in [3.63, 3.8) is 0 Å². The lowest BCUT2D eigenvalue weighted by Gasteiger charge is -2.12. The van der Waals surface area contributed by atoms with Crippen molar-refractivity contribution in [1.82, 2.24) is 0 Å². The Morgan fingerprint density at radius 2 is 1.84 bits per heavy atom. The van der Waals surface area contributed by atoms with E-state index in [1.165, 1.54) is 5.56 Å². The van der Waals surface area contributed by atoms with Crippen molar-refractivity contribution in [2.24, 2.45) is 5.73 Å². The van der Waals surface area contributed by atoms with Gasteiger partial charge in [-0.1, -0.05) is 35.9 Å². The summed E-state index contributed by atoms with van der Waals surface area (Å²) < 4.78 is 11.1. The van der Waals surface area contributed by atoms with Crippen LogP contribution in [0.1, 0.15) is 16.7 Å². The first kappa shape index (κ1) is 13.4. The molecule has 3 heteroatoms. The standard InChI is InChI=1S/C16H19NO2/c1-12-4-3-5-14(8-12)11-19-15-7-6-13(10-17)9-16(15)18-2/h3-9H,10-11,17H2,1-2H3. The van der Waals surface area contributed by atoms with Gasteiger partial charge in [-0.3, -0.25) is 0 Å². The van der Waals surface area contributed by atoms with Gasteiger partial charge in [0.1, 0.15) is 6.61 Å². The highest BCUT2D eigenvalue weighted by molar-refractivity contribution is 5.43. The van der Waals surface area contributed by atoms with E-state index in [1.54, 1.807) is 7.11 Å². The van der Waals surface area contributed by atoms with Crippen LogP contribution in [0.3, 0.4) is 0 Å². The molecule has 0 amide bonds. The second-order valence-electron chi connectivity index (χ2n) is 4.47. The van der Waals surface area contributed by atoms with Gasteiger partial charge in [0.2, 0.25) is 0 Å². The lowest BCUT2D eigenvalue weighted by molar-refractivity contribution is 0.284. The molecule has 2 rings (SSSR count). The van der Waals surface area contributed by atoms with E-state index >= 15 is 0 Å².